The van der Waals surface area contributed by atoms with Gasteiger partial charge in [-0.2, -0.15) is 0 Å². The first-order chi connectivity index (χ1) is 12.6. The molecule has 1 aliphatic carbocycles. The number of anilines is 1. The number of carbonyl (C=O) groups is 1. The molecule has 4 rings (SSSR count). The van der Waals surface area contributed by atoms with Crippen LogP contribution in [0.5, 0.6) is 5.75 Å². The predicted molar refractivity (Wildman–Crippen MR) is 99.5 cm³/mol. The van der Waals surface area contributed by atoms with E-state index >= 15 is 0 Å². The zero-order chi connectivity index (χ0) is 18.1. The standard InChI is InChI=1S/C20H17ClN2O3/c1-25-16-7-2-4-13(10-16)17-12-18(23-26-17)20(8-9-20)19(24)22-15-6-3-5-14(21)11-15/h2-7,10-12H,8-9H2,1H3,(H,22,24). The highest BCUT2D eigenvalue weighted by Gasteiger charge is 2.53. The lowest BCUT2D eigenvalue weighted by atomic mass is 10.00. The summed E-state index contributed by atoms with van der Waals surface area (Å²) in [6.07, 6.45) is 1.48. The number of amides is 1. The number of aromatic nitrogens is 1. The Kier molecular flexibility index (Phi) is 4.17. The Morgan fingerprint density at radius 3 is 2.73 bits per heavy atom. The van der Waals surface area contributed by atoms with Crippen molar-refractivity contribution in [2.75, 3.05) is 12.4 Å². The lowest BCUT2D eigenvalue weighted by Gasteiger charge is -2.12. The lowest BCUT2D eigenvalue weighted by molar-refractivity contribution is -0.118. The highest BCUT2D eigenvalue weighted by atomic mass is 35.5. The summed E-state index contributed by atoms with van der Waals surface area (Å²) in [5.74, 6) is 1.26. The second kappa shape index (κ2) is 6.50. The molecule has 0 unspecified atom stereocenters. The number of methoxy groups -OCH3 is 1. The normalized spacial score (nSPS) is 14.7. The van der Waals surface area contributed by atoms with Crippen molar-refractivity contribution < 1.29 is 14.1 Å². The maximum Gasteiger partial charge on any atom is 0.236 e. The smallest absolute Gasteiger partial charge is 0.236 e. The monoisotopic (exact) mass is 368 g/mol. The Bertz CT molecular complexity index is 963. The number of carbonyl (C=O) groups excluding carboxylic acids is 1. The van der Waals surface area contributed by atoms with E-state index < -0.39 is 5.41 Å². The summed E-state index contributed by atoms with van der Waals surface area (Å²) in [5, 5.41) is 7.66. The van der Waals surface area contributed by atoms with Crippen LogP contribution in [0.4, 0.5) is 5.69 Å². The molecule has 1 fully saturated rings. The molecule has 1 heterocycles. The second-order valence-electron chi connectivity index (χ2n) is 6.35. The summed E-state index contributed by atoms with van der Waals surface area (Å²) >= 11 is 5.98. The zero-order valence-electron chi connectivity index (χ0n) is 14.2. The van der Waals surface area contributed by atoms with Crippen molar-refractivity contribution in [2.24, 2.45) is 0 Å². The van der Waals surface area contributed by atoms with Gasteiger partial charge in [0.15, 0.2) is 5.76 Å². The Hall–Kier alpha value is -2.79. The van der Waals surface area contributed by atoms with Crippen LogP contribution in [0, 0.1) is 0 Å². The average molecular weight is 369 g/mol. The van der Waals surface area contributed by atoms with E-state index in [1.54, 1.807) is 25.3 Å². The Morgan fingerprint density at radius 1 is 1.19 bits per heavy atom. The summed E-state index contributed by atoms with van der Waals surface area (Å²) in [5.41, 5.74) is 1.54. The van der Waals surface area contributed by atoms with Crippen molar-refractivity contribution in [2.45, 2.75) is 18.3 Å². The average Bonchev–Trinajstić information content (AvgIpc) is 3.32. The van der Waals surface area contributed by atoms with Gasteiger partial charge in [-0.3, -0.25) is 4.79 Å². The summed E-state index contributed by atoms with van der Waals surface area (Å²) in [6, 6.07) is 16.5. The Morgan fingerprint density at radius 2 is 2.00 bits per heavy atom. The number of ether oxygens (including phenoxy) is 1. The van der Waals surface area contributed by atoms with Gasteiger partial charge in [0, 0.05) is 22.3 Å². The van der Waals surface area contributed by atoms with Gasteiger partial charge >= 0.3 is 0 Å². The molecule has 0 atom stereocenters. The Balaban J connectivity index is 1.57. The SMILES string of the molecule is COc1cccc(-c2cc(C3(C(=O)Nc4cccc(Cl)c4)CC3)no2)c1. The summed E-state index contributed by atoms with van der Waals surface area (Å²) in [4.78, 5) is 12.8. The van der Waals surface area contributed by atoms with Crippen molar-refractivity contribution in [1.29, 1.82) is 0 Å². The molecule has 0 saturated heterocycles. The van der Waals surface area contributed by atoms with Crippen molar-refractivity contribution in [3.05, 3.63) is 65.3 Å². The topological polar surface area (TPSA) is 64.4 Å². The number of benzene rings is 2. The fraction of sp³-hybridized carbons (Fsp3) is 0.200. The minimum Gasteiger partial charge on any atom is -0.497 e. The molecule has 3 aromatic rings. The first-order valence-electron chi connectivity index (χ1n) is 8.29. The first kappa shape index (κ1) is 16.7. The Labute approximate surface area is 155 Å². The van der Waals surface area contributed by atoms with Gasteiger partial charge < -0.3 is 14.6 Å². The van der Waals surface area contributed by atoms with E-state index in [2.05, 4.69) is 10.5 Å². The fourth-order valence-corrected chi connectivity index (χ4v) is 3.14. The van der Waals surface area contributed by atoms with Gasteiger partial charge in [0.05, 0.1) is 18.2 Å². The van der Waals surface area contributed by atoms with E-state index in [-0.39, 0.29) is 5.91 Å². The van der Waals surface area contributed by atoms with E-state index in [0.29, 0.717) is 22.2 Å². The van der Waals surface area contributed by atoms with Crippen LogP contribution < -0.4 is 10.1 Å². The summed E-state index contributed by atoms with van der Waals surface area (Å²) in [7, 11) is 1.62. The quantitative estimate of drug-likeness (QED) is 0.710. The van der Waals surface area contributed by atoms with Crippen molar-refractivity contribution in [3.8, 4) is 17.1 Å². The van der Waals surface area contributed by atoms with Gasteiger partial charge in [-0.25, -0.2) is 0 Å². The van der Waals surface area contributed by atoms with Crippen LogP contribution in [0.3, 0.4) is 0 Å². The third-order valence-corrected chi connectivity index (χ3v) is 4.86. The molecular weight excluding hydrogens is 352 g/mol. The van der Waals surface area contributed by atoms with Crippen LogP contribution in [-0.2, 0) is 10.2 Å². The van der Waals surface area contributed by atoms with E-state index in [4.69, 9.17) is 20.9 Å². The largest absolute Gasteiger partial charge is 0.497 e. The molecule has 5 nitrogen and oxygen atoms in total. The number of hydrogen-bond acceptors (Lipinski definition) is 4. The number of halogens is 1. The highest BCUT2D eigenvalue weighted by molar-refractivity contribution is 6.30. The van der Waals surface area contributed by atoms with E-state index in [1.165, 1.54) is 0 Å². The van der Waals surface area contributed by atoms with Gasteiger partial charge in [-0.05, 0) is 43.2 Å². The molecule has 132 valence electrons. The number of nitrogens with zero attached hydrogens (tertiary/aromatic N) is 1. The van der Waals surface area contributed by atoms with Crippen molar-refractivity contribution in [1.82, 2.24) is 5.16 Å². The molecule has 1 aliphatic rings. The summed E-state index contributed by atoms with van der Waals surface area (Å²) < 4.78 is 10.7. The second-order valence-corrected chi connectivity index (χ2v) is 6.79. The van der Waals surface area contributed by atoms with Crippen molar-refractivity contribution in [3.63, 3.8) is 0 Å². The lowest BCUT2D eigenvalue weighted by Crippen LogP contribution is -2.28. The van der Waals surface area contributed by atoms with Crippen LogP contribution >= 0.6 is 11.6 Å². The number of rotatable bonds is 5. The van der Waals surface area contributed by atoms with Gasteiger partial charge in [0.1, 0.15) is 5.75 Å². The molecular formula is C20H17ClN2O3. The summed E-state index contributed by atoms with van der Waals surface area (Å²) in [6.45, 7) is 0. The fourth-order valence-electron chi connectivity index (χ4n) is 2.95. The number of hydrogen-bond donors (Lipinski definition) is 1. The van der Waals surface area contributed by atoms with Gasteiger partial charge in [-0.1, -0.05) is 35.0 Å². The van der Waals surface area contributed by atoms with E-state index in [1.807, 2.05) is 36.4 Å². The highest BCUT2D eigenvalue weighted by Crippen LogP contribution is 2.49. The molecule has 0 spiro atoms. The van der Waals surface area contributed by atoms with E-state index in [9.17, 15) is 4.79 Å². The van der Waals surface area contributed by atoms with Gasteiger partial charge in [0.2, 0.25) is 5.91 Å². The molecule has 6 heteroatoms. The predicted octanol–water partition coefficient (Wildman–Crippen LogP) is 4.67. The molecule has 26 heavy (non-hydrogen) atoms. The molecule has 0 radical (unpaired) electrons. The van der Waals surface area contributed by atoms with Crippen LogP contribution in [-0.4, -0.2) is 18.2 Å². The third kappa shape index (κ3) is 3.06. The molecule has 2 aromatic carbocycles. The van der Waals surface area contributed by atoms with Gasteiger partial charge in [-0.15, -0.1) is 0 Å². The molecule has 1 saturated carbocycles. The molecule has 1 N–H and O–H groups in total. The maximum absolute atomic E-state index is 12.8. The van der Waals surface area contributed by atoms with Crippen molar-refractivity contribution >= 4 is 23.2 Å². The van der Waals surface area contributed by atoms with Crippen LogP contribution in [0.25, 0.3) is 11.3 Å². The molecule has 0 aliphatic heterocycles. The molecule has 1 amide bonds. The van der Waals surface area contributed by atoms with E-state index in [0.717, 1.165) is 24.2 Å². The minimum atomic E-state index is -0.636. The molecule has 0 bridgehead atoms. The van der Waals surface area contributed by atoms with Crippen LogP contribution in [0.2, 0.25) is 5.02 Å². The zero-order valence-corrected chi connectivity index (χ0v) is 14.9. The third-order valence-electron chi connectivity index (χ3n) is 4.62. The van der Waals surface area contributed by atoms with Crippen LogP contribution in [0.1, 0.15) is 18.5 Å². The van der Waals surface area contributed by atoms with Crippen LogP contribution in [0.15, 0.2) is 59.1 Å². The minimum absolute atomic E-state index is 0.0924. The maximum atomic E-state index is 12.8. The number of nitrogens with one attached hydrogen (secondary N) is 1. The van der Waals surface area contributed by atoms with Gasteiger partial charge in [0.25, 0.3) is 0 Å². The molecule has 1 aromatic heterocycles. The first-order valence-corrected chi connectivity index (χ1v) is 8.67.